The van der Waals surface area contributed by atoms with Gasteiger partial charge in [0.1, 0.15) is 5.25 Å². The molecule has 1 aliphatic rings. The molecule has 1 aromatic rings. The van der Waals surface area contributed by atoms with Crippen LogP contribution in [0.1, 0.15) is 12.5 Å². The van der Waals surface area contributed by atoms with E-state index in [1.165, 1.54) is 10.5 Å². The molecule has 0 bridgehead atoms. The van der Waals surface area contributed by atoms with Crippen LogP contribution in [-0.4, -0.2) is 11.3 Å². The Balaban J connectivity index is 2.37. The van der Waals surface area contributed by atoms with Gasteiger partial charge < -0.3 is 5.32 Å². The quantitative estimate of drug-likeness (QED) is 0.706. The smallest absolute Gasteiger partial charge is 0.116 e. The Hall–Kier alpha value is -1.14. The number of benzene rings is 1. The van der Waals surface area contributed by atoms with Crippen LogP contribution < -0.4 is 5.32 Å². The SMILES string of the molecule is Cc1ccc2c(c1)SC(C#N)C(C)N2. The van der Waals surface area contributed by atoms with Gasteiger partial charge >= 0.3 is 0 Å². The molecule has 1 aliphatic heterocycles. The number of fused-ring (bicyclic) bond motifs is 1. The second kappa shape index (κ2) is 3.55. The average Bonchev–Trinajstić information content (AvgIpc) is 2.17. The third-order valence-electron chi connectivity index (χ3n) is 2.36. The number of hydrogen-bond acceptors (Lipinski definition) is 3. The van der Waals surface area contributed by atoms with Gasteiger partial charge in [0.25, 0.3) is 0 Å². The molecule has 0 saturated carbocycles. The Bertz CT molecular complexity index is 395. The second-order valence-corrected chi connectivity index (χ2v) is 4.78. The van der Waals surface area contributed by atoms with Crippen LogP contribution in [0.3, 0.4) is 0 Å². The Morgan fingerprint density at radius 3 is 3.00 bits per heavy atom. The van der Waals surface area contributed by atoms with E-state index in [9.17, 15) is 0 Å². The van der Waals surface area contributed by atoms with Crippen molar-refractivity contribution < 1.29 is 0 Å². The number of aryl methyl sites for hydroxylation is 1. The van der Waals surface area contributed by atoms with Crippen LogP contribution in [0.15, 0.2) is 23.1 Å². The molecule has 2 atom stereocenters. The topological polar surface area (TPSA) is 35.8 Å². The van der Waals surface area contributed by atoms with Crippen LogP contribution in [-0.2, 0) is 0 Å². The summed E-state index contributed by atoms with van der Waals surface area (Å²) in [6.45, 7) is 4.12. The summed E-state index contributed by atoms with van der Waals surface area (Å²) in [5.41, 5.74) is 2.39. The first-order chi connectivity index (χ1) is 6.70. The fourth-order valence-electron chi connectivity index (χ4n) is 1.54. The lowest BCUT2D eigenvalue weighted by Crippen LogP contribution is -2.30. The number of nitrogens with zero attached hydrogens (tertiary/aromatic N) is 1. The maximum Gasteiger partial charge on any atom is 0.116 e. The zero-order chi connectivity index (χ0) is 10.1. The number of hydrogen-bond donors (Lipinski definition) is 1. The third kappa shape index (κ3) is 1.58. The molecule has 14 heavy (non-hydrogen) atoms. The van der Waals surface area contributed by atoms with E-state index in [4.69, 9.17) is 5.26 Å². The van der Waals surface area contributed by atoms with Crippen molar-refractivity contribution in [3.63, 3.8) is 0 Å². The Labute approximate surface area is 88.3 Å². The summed E-state index contributed by atoms with van der Waals surface area (Å²) in [5.74, 6) is 0. The van der Waals surface area contributed by atoms with E-state index in [2.05, 4.69) is 36.5 Å². The molecule has 2 rings (SSSR count). The highest BCUT2D eigenvalue weighted by Gasteiger charge is 2.24. The van der Waals surface area contributed by atoms with Crippen molar-refractivity contribution in [2.24, 2.45) is 0 Å². The highest BCUT2D eigenvalue weighted by molar-refractivity contribution is 8.00. The first-order valence-electron chi connectivity index (χ1n) is 4.64. The van der Waals surface area contributed by atoms with Gasteiger partial charge in [-0.15, -0.1) is 11.8 Å². The molecule has 0 aromatic heterocycles. The van der Waals surface area contributed by atoms with Gasteiger partial charge in [0, 0.05) is 16.6 Å². The Kier molecular flexibility index (Phi) is 2.39. The summed E-state index contributed by atoms with van der Waals surface area (Å²) in [5, 5.41) is 12.3. The molecule has 1 heterocycles. The van der Waals surface area contributed by atoms with E-state index < -0.39 is 0 Å². The number of nitrogens with one attached hydrogen (secondary N) is 1. The van der Waals surface area contributed by atoms with Gasteiger partial charge in [-0.05, 0) is 31.5 Å². The molecule has 0 saturated heterocycles. The minimum absolute atomic E-state index is 0.0179. The molecule has 3 heteroatoms. The fraction of sp³-hybridized carbons (Fsp3) is 0.364. The van der Waals surface area contributed by atoms with Crippen LogP contribution >= 0.6 is 11.8 Å². The first-order valence-corrected chi connectivity index (χ1v) is 5.52. The van der Waals surface area contributed by atoms with Crippen LogP contribution in [0.25, 0.3) is 0 Å². The number of anilines is 1. The summed E-state index contributed by atoms with van der Waals surface area (Å²) in [4.78, 5) is 1.19. The molecular formula is C11H12N2S. The van der Waals surface area contributed by atoms with Crippen LogP contribution in [0.5, 0.6) is 0 Å². The zero-order valence-corrected chi connectivity index (χ0v) is 9.06. The number of thioether (sulfide) groups is 1. The molecule has 0 fully saturated rings. The molecule has 2 nitrogen and oxygen atoms in total. The molecule has 2 unspecified atom stereocenters. The fourth-order valence-corrected chi connectivity index (χ4v) is 2.65. The molecule has 0 aliphatic carbocycles. The van der Waals surface area contributed by atoms with Crippen molar-refractivity contribution in [2.75, 3.05) is 5.32 Å². The van der Waals surface area contributed by atoms with Gasteiger partial charge in [0.05, 0.1) is 6.07 Å². The Morgan fingerprint density at radius 2 is 2.29 bits per heavy atom. The third-order valence-corrected chi connectivity index (χ3v) is 3.71. The minimum atomic E-state index is 0.0179. The normalized spacial score (nSPS) is 24.6. The standard InChI is InChI=1S/C11H12N2S/c1-7-3-4-9-10(5-7)14-11(6-12)8(2)13-9/h3-5,8,11,13H,1-2H3. The van der Waals surface area contributed by atoms with Crippen molar-refractivity contribution in [1.82, 2.24) is 0 Å². The summed E-state index contributed by atoms with van der Waals surface area (Å²) in [6.07, 6.45) is 0. The molecule has 1 aromatic carbocycles. The van der Waals surface area contributed by atoms with Crippen LogP contribution in [0.4, 0.5) is 5.69 Å². The highest BCUT2D eigenvalue weighted by atomic mass is 32.2. The van der Waals surface area contributed by atoms with Gasteiger partial charge in [-0.1, -0.05) is 6.07 Å². The van der Waals surface area contributed by atoms with E-state index in [-0.39, 0.29) is 11.3 Å². The van der Waals surface area contributed by atoms with E-state index >= 15 is 0 Å². The maximum atomic E-state index is 8.95. The van der Waals surface area contributed by atoms with E-state index in [1.807, 2.05) is 6.92 Å². The number of rotatable bonds is 0. The van der Waals surface area contributed by atoms with E-state index in [1.54, 1.807) is 11.8 Å². The largest absolute Gasteiger partial charge is 0.379 e. The lowest BCUT2D eigenvalue weighted by molar-refractivity contribution is 0.819. The second-order valence-electron chi connectivity index (χ2n) is 3.60. The molecule has 0 radical (unpaired) electrons. The summed E-state index contributed by atoms with van der Waals surface area (Å²) < 4.78 is 0. The zero-order valence-electron chi connectivity index (χ0n) is 8.24. The predicted octanol–water partition coefficient (Wildman–Crippen LogP) is 2.79. The lowest BCUT2D eigenvalue weighted by Gasteiger charge is -2.27. The summed E-state index contributed by atoms with van der Waals surface area (Å²) >= 11 is 1.66. The molecule has 0 spiro atoms. The summed E-state index contributed by atoms with van der Waals surface area (Å²) in [7, 11) is 0. The van der Waals surface area contributed by atoms with Gasteiger partial charge in [0.2, 0.25) is 0 Å². The van der Waals surface area contributed by atoms with Crippen molar-refractivity contribution in [3.05, 3.63) is 23.8 Å². The molecular weight excluding hydrogens is 192 g/mol. The highest BCUT2D eigenvalue weighted by Crippen LogP contribution is 2.37. The van der Waals surface area contributed by atoms with Gasteiger partial charge in [-0.25, -0.2) is 0 Å². The van der Waals surface area contributed by atoms with Crippen molar-refractivity contribution >= 4 is 17.4 Å². The lowest BCUT2D eigenvalue weighted by atomic mass is 10.2. The maximum absolute atomic E-state index is 8.95. The predicted molar refractivity (Wildman–Crippen MR) is 59.5 cm³/mol. The monoisotopic (exact) mass is 204 g/mol. The average molecular weight is 204 g/mol. The number of nitriles is 1. The molecule has 72 valence electrons. The van der Waals surface area contributed by atoms with E-state index in [0.717, 1.165) is 5.69 Å². The van der Waals surface area contributed by atoms with E-state index in [0.29, 0.717) is 0 Å². The summed E-state index contributed by atoms with van der Waals surface area (Å²) in [6, 6.07) is 8.84. The van der Waals surface area contributed by atoms with Crippen molar-refractivity contribution in [3.8, 4) is 6.07 Å². The minimum Gasteiger partial charge on any atom is -0.379 e. The first kappa shape index (κ1) is 9.42. The van der Waals surface area contributed by atoms with Crippen molar-refractivity contribution in [1.29, 1.82) is 5.26 Å². The Morgan fingerprint density at radius 1 is 1.50 bits per heavy atom. The molecule has 1 N–H and O–H groups in total. The van der Waals surface area contributed by atoms with Crippen LogP contribution in [0, 0.1) is 18.3 Å². The van der Waals surface area contributed by atoms with Crippen LogP contribution in [0.2, 0.25) is 0 Å². The van der Waals surface area contributed by atoms with Gasteiger partial charge in [0.15, 0.2) is 0 Å². The van der Waals surface area contributed by atoms with Crippen molar-refractivity contribution in [2.45, 2.75) is 30.0 Å². The molecule has 0 amide bonds. The van der Waals surface area contributed by atoms with Gasteiger partial charge in [-0.2, -0.15) is 5.26 Å². The van der Waals surface area contributed by atoms with Gasteiger partial charge in [-0.3, -0.25) is 0 Å².